The molecule has 71 heavy (non-hydrogen) atoms. The largest absolute Gasteiger partial charge is 0.480 e. The van der Waals surface area contributed by atoms with Crippen molar-refractivity contribution in [3.63, 3.8) is 0 Å². The lowest BCUT2D eigenvalue weighted by molar-refractivity contribution is -0.192. The number of aliphatic carboxylic acids is 4. The van der Waals surface area contributed by atoms with E-state index in [1.54, 1.807) is 42.5 Å². The third kappa shape index (κ3) is 45.6. The fourth-order valence-electron chi connectivity index (χ4n) is 5.97. The Labute approximate surface area is 427 Å². The van der Waals surface area contributed by atoms with Crippen molar-refractivity contribution < 1.29 is 68.2 Å². The molecule has 1 aliphatic rings. The van der Waals surface area contributed by atoms with Gasteiger partial charge in [-0.3, -0.25) is 57.8 Å². The first-order chi connectivity index (χ1) is 32.1. The van der Waals surface area contributed by atoms with Crippen molar-refractivity contribution in [1.82, 2.24) is 45.3 Å². The number of likely N-dealkylation sites (N-methyl/N-ethyl adjacent to an activating group) is 2. The molecule has 0 aromatic carbocycles. The van der Waals surface area contributed by atoms with Crippen molar-refractivity contribution in [2.75, 3.05) is 150 Å². The van der Waals surface area contributed by atoms with E-state index in [0.717, 1.165) is 31.9 Å². The topological polar surface area (TPSA) is 310 Å². The Balaban J connectivity index is -0.000000461. The molecule has 0 aromatic heterocycles. The SMILES string of the molecule is C.C=C(CNC(=O)CNC(=O)CSC)NCC(C)(C)C.CC(C)(C)P(=O)(O)CN1CCN(CC(=O)O)CCN(CC(=O)O)CC1.CCN(CCN(CCN(C)CC(=O)O)CC(C)(C)C)CC(=O)O.O=C=O. The van der Waals surface area contributed by atoms with Crippen LogP contribution in [0.2, 0.25) is 0 Å². The summed E-state index contributed by atoms with van der Waals surface area (Å²) in [5.41, 5.74) is 1.06. The maximum atomic E-state index is 12.6. The molecule has 1 atom stereocenters. The van der Waals surface area contributed by atoms with E-state index in [2.05, 4.69) is 69.0 Å². The summed E-state index contributed by atoms with van der Waals surface area (Å²) in [6.07, 6.45) is 2.10. The van der Waals surface area contributed by atoms with Crippen LogP contribution in [-0.4, -0.2) is 251 Å². The highest BCUT2D eigenvalue weighted by Gasteiger charge is 2.36. The predicted molar refractivity (Wildman–Crippen MR) is 278 cm³/mol. The zero-order valence-corrected chi connectivity index (χ0v) is 45.7. The molecule has 23 nitrogen and oxygen atoms in total. The summed E-state index contributed by atoms with van der Waals surface area (Å²) in [6.45, 7) is 32.0. The van der Waals surface area contributed by atoms with E-state index in [1.807, 2.05) is 23.0 Å². The number of carboxylic acid groups (broad SMARTS) is 4. The molecule has 1 fully saturated rings. The molecule has 1 unspecified atom stereocenters. The van der Waals surface area contributed by atoms with Crippen LogP contribution in [0.1, 0.15) is 76.7 Å². The van der Waals surface area contributed by atoms with Gasteiger partial charge in [0.15, 0.2) is 0 Å². The predicted octanol–water partition coefficient (Wildman–Crippen LogP) is 1.64. The lowest BCUT2D eigenvalue weighted by Crippen LogP contribution is -2.43. The molecule has 25 heteroatoms. The number of rotatable bonds is 26. The molecule has 0 radical (unpaired) electrons. The normalized spacial score (nSPS) is 14.6. The van der Waals surface area contributed by atoms with Crippen LogP contribution in [0.15, 0.2) is 12.3 Å². The Morgan fingerprint density at radius 2 is 1.08 bits per heavy atom. The number of carbonyl (C=O) groups excluding carboxylic acids is 4. The Bertz CT molecular complexity index is 1640. The molecule has 1 rings (SSSR count). The lowest BCUT2D eigenvalue weighted by Gasteiger charge is -2.32. The van der Waals surface area contributed by atoms with Crippen LogP contribution >= 0.6 is 19.1 Å². The van der Waals surface area contributed by atoms with E-state index in [4.69, 9.17) is 30.0 Å². The van der Waals surface area contributed by atoms with Gasteiger partial charge in [-0.1, -0.05) is 83.2 Å². The first kappa shape index (κ1) is 73.6. The smallest absolute Gasteiger partial charge is 0.373 e. The maximum absolute atomic E-state index is 12.6. The van der Waals surface area contributed by atoms with Gasteiger partial charge in [0.25, 0.3) is 0 Å². The lowest BCUT2D eigenvalue weighted by atomic mass is 9.96. The van der Waals surface area contributed by atoms with Crippen molar-refractivity contribution in [3.8, 4) is 0 Å². The highest BCUT2D eigenvalue weighted by molar-refractivity contribution is 7.99. The van der Waals surface area contributed by atoms with Gasteiger partial charge in [-0.25, -0.2) is 0 Å². The minimum atomic E-state index is -3.43. The van der Waals surface area contributed by atoms with Gasteiger partial charge in [-0.05, 0) is 30.7 Å². The average molecular weight is 1060 g/mol. The molecular weight excluding hydrogens is 966 g/mol. The third-order valence-electron chi connectivity index (χ3n) is 9.88. The van der Waals surface area contributed by atoms with Gasteiger partial charge in [0.05, 0.1) is 51.3 Å². The van der Waals surface area contributed by atoms with Gasteiger partial charge in [-0.15, -0.1) is 0 Å². The number of carbonyl (C=O) groups is 6. The van der Waals surface area contributed by atoms with Crippen LogP contribution in [0, 0.1) is 10.8 Å². The van der Waals surface area contributed by atoms with Gasteiger partial charge >= 0.3 is 30.0 Å². The highest BCUT2D eigenvalue weighted by Crippen LogP contribution is 2.54. The fraction of sp³-hybridized carbons (Fsp3) is 0.804. The van der Waals surface area contributed by atoms with E-state index in [1.165, 1.54) is 11.8 Å². The van der Waals surface area contributed by atoms with Gasteiger partial charge < -0.3 is 46.2 Å². The molecule has 8 N–H and O–H groups in total. The Hall–Kier alpha value is -3.96. The second-order valence-electron chi connectivity index (χ2n) is 20.3. The molecule has 1 heterocycles. The van der Waals surface area contributed by atoms with E-state index in [9.17, 15) is 38.2 Å². The summed E-state index contributed by atoms with van der Waals surface area (Å²) in [5, 5.41) is 43.4. The highest BCUT2D eigenvalue weighted by atomic mass is 32.2. The molecule has 0 aromatic rings. The monoisotopic (exact) mass is 1060 g/mol. The van der Waals surface area contributed by atoms with Gasteiger partial charge in [0, 0.05) is 89.4 Å². The van der Waals surface area contributed by atoms with Crippen molar-refractivity contribution in [3.05, 3.63) is 12.3 Å². The number of nitrogens with one attached hydrogen (secondary N) is 3. The van der Waals surface area contributed by atoms with Crippen molar-refractivity contribution in [2.24, 2.45) is 10.8 Å². The number of hydrogen-bond donors (Lipinski definition) is 8. The zero-order chi connectivity index (χ0) is 54.9. The number of thioether (sulfide) groups is 1. The van der Waals surface area contributed by atoms with Crippen LogP contribution in [0.4, 0.5) is 0 Å². The molecule has 2 amide bonds. The van der Waals surface area contributed by atoms with Crippen LogP contribution in [-0.2, 0) is 42.9 Å². The van der Waals surface area contributed by atoms with E-state index in [0.29, 0.717) is 71.2 Å². The minimum Gasteiger partial charge on any atom is -0.480 e. The molecule has 0 spiro atoms. The molecular formula is C46H92N9O14PS. The summed E-state index contributed by atoms with van der Waals surface area (Å²) >= 11 is 1.42. The van der Waals surface area contributed by atoms with E-state index < -0.39 is 36.4 Å². The Morgan fingerprint density at radius 1 is 0.662 bits per heavy atom. The summed E-state index contributed by atoms with van der Waals surface area (Å²) in [6, 6.07) is 0. The molecule has 416 valence electrons. The van der Waals surface area contributed by atoms with Crippen molar-refractivity contribution in [2.45, 2.75) is 81.8 Å². The quantitative estimate of drug-likeness (QED) is 0.0571. The second kappa shape index (κ2) is 38.6. The second-order valence-corrected chi connectivity index (χ2v) is 24.2. The van der Waals surface area contributed by atoms with Crippen molar-refractivity contribution >= 4 is 61.0 Å². The summed E-state index contributed by atoms with van der Waals surface area (Å²) < 4.78 is 12.6. The molecule has 0 saturated carbocycles. The summed E-state index contributed by atoms with van der Waals surface area (Å²) in [7, 11) is -1.63. The minimum absolute atomic E-state index is 0. The summed E-state index contributed by atoms with van der Waals surface area (Å²) in [4.78, 5) is 104. The molecule has 1 aliphatic heterocycles. The number of carboxylic acids is 4. The average Bonchev–Trinajstić information content (AvgIpc) is 3.28. The number of nitrogens with zero attached hydrogens (tertiary/aromatic N) is 6. The van der Waals surface area contributed by atoms with Crippen LogP contribution < -0.4 is 16.0 Å². The van der Waals surface area contributed by atoms with Gasteiger partial charge in [0.1, 0.15) is 0 Å². The summed E-state index contributed by atoms with van der Waals surface area (Å²) in [5.74, 6) is -3.51. The Kier molecular flexibility index (Phi) is 40.0. The van der Waals surface area contributed by atoms with Gasteiger partial charge in [-0.2, -0.15) is 21.4 Å². The van der Waals surface area contributed by atoms with Crippen LogP contribution in [0.25, 0.3) is 0 Å². The zero-order valence-electron chi connectivity index (χ0n) is 44.0. The standard InChI is InChI=1S/C16H33N3O4.C15H30N3O6P.C13H25N3O2S.CO2.CH4/c1-6-18(12-15(22)23)9-10-19(13-16(2,3)4)8-7-17(5)11-14(20)21;1-15(2,3)25(23,24)12-18-8-6-16(10-13(19)20)4-5-17(7-9-18)11-14(21)22;1-10(16-9-13(2,3)4)6-14-11(17)7-15-12(18)8-19-5;2-1-3;/h6-13H2,1-5H3,(H,20,21)(H,22,23);4-12H2,1-3H3,(H,19,20)(H,21,22)(H,23,24);16H,1,6-9H2,2-5H3,(H,14,17)(H,15,18);;1H4. The molecule has 1 saturated heterocycles. The van der Waals surface area contributed by atoms with Crippen LogP contribution in [0.3, 0.4) is 0 Å². The van der Waals surface area contributed by atoms with Crippen LogP contribution in [0.5, 0.6) is 0 Å². The van der Waals surface area contributed by atoms with Gasteiger partial charge in [0.2, 0.25) is 19.2 Å². The number of amides is 2. The Morgan fingerprint density at radius 3 is 1.46 bits per heavy atom. The number of hydrogen-bond acceptors (Lipinski definition) is 17. The van der Waals surface area contributed by atoms with E-state index in [-0.39, 0.29) is 75.2 Å². The molecule has 0 aliphatic carbocycles. The van der Waals surface area contributed by atoms with E-state index >= 15 is 0 Å². The first-order valence-corrected chi connectivity index (χ1v) is 26.3. The molecule has 0 bridgehead atoms. The first-order valence-electron chi connectivity index (χ1n) is 23.0. The van der Waals surface area contributed by atoms with Crippen molar-refractivity contribution in [1.29, 1.82) is 0 Å². The maximum Gasteiger partial charge on any atom is 0.373 e. The third-order valence-corrected chi connectivity index (χ3v) is 13.3. The fourth-order valence-corrected chi connectivity index (χ4v) is 7.59.